The number of aromatic nitrogens is 2. The minimum Gasteiger partial charge on any atom is -0.340 e. The van der Waals surface area contributed by atoms with Gasteiger partial charge in [0.2, 0.25) is 5.82 Å². The Hall–Kier alpha value is -3.16. The lowest BCUT2D eigenvalue weighted by atomic mass is 10.2. The first kappa shape index (κ1) is 14.8. The van der Waals surface area contributed by atoms with Gasteiger partial charge >= 0.3 is 5.69 Å². The normalized spacial score (nSPS) is 10.7. The highest BCUT2D eigenvalue weighted by molar-refractivity contribution is 5.92. The van der Waals surface area contributed by atoms with Crippen molar-refractivity contribution in [1.29, 1.82) is 0 Å². The van der Waals surface area contributed by atoms with Gasteiger partial charge in [-0.15, -0.1) is 0 Å². The maximum Gasteiger partial charge on any atom is 0.305 e. The highest BCUT2D eigenvalue weighted by Crippen LogP contribution is 2.29. The van der Waals surface area contributed by atoms with E-state index in [9.17, 15) is 18.9 Å². The zero-order chi connectivity index (χ0) is 16.6. The SMILES string of the molecule is Cc1cc(Nc2ncnc3cc(F)c([N+](=O)[O-])cc23)ccc1F. The Kier molecular flexibility index (Phi) is 3.57. The maximum atomic E-state index is 13.7. The Morgan fingerprint density at radius 2 is 1.91 bits per heavy atom. The Morgan fingerprint density at radius 1 is 1.13 bits per heavy atom. The van der Waals surface area contributed by atoms with E-state index in [-0.39, 0.29) is 17.2 Å². The highest BCUT2D eigenvalue weighted by Gasteiger charge is 2.17. The summed E-state index contributed by atoms with van der Waals surface area (Å²) in [5.41, 5.74) is 0.552. The quantitative estimate of drug-likeness (QED) is 0.586. The molecule has 1 aromatic heterocycles. The van der Waals surface area contributed by atoms with Crippen LogP contribution in [0.25, 0.3) is 10.9 Å². The molecule has 0 atom stereocenters. The van der Waals surface area contributed by atoms with Crippen LogP contribution in [0.2, 0.25) is 0 Å². The Labute approximate surface area is 129 Å². The van der Waals surface area contributed by atoms with Crippen LogP contribution in [0.1, 0.15) is 5.56 Å². The fourth-order valence-electron chi connectivity index (χ4n) is 2.16. The van der Waals surface area contributed by atoms with Crippen molar-refractivity contribution in [2.75, 3.05) is 5.32 Å². The van der Waals surface area contributed by atoms with E-state index in [4.69, 9.17) is 0 Å². The van der Waals surface area contributed by atoms with Gasteiger partial charge in [0.25, 0.3) is 0 Å². The Balaban J connectivity index is 2.11. The Bertz CT molecular complexity index is 931. The average molecular weight is 316 g/mol. The average Bonchev–Trinajstić information content (AvgIpc) is 2.50. The van der Waals surface area contributed by atoms with Gasteiger partial charge in [0.15, 0.2) is 0 Å². The van der Waals surface area contributed by atoms with Crippen LogP contribution in [0.4, 0.5) is 26.0 Å². The molecule has 1 heterocycles. The molecular weight excluding hydrogens is 306 g/mol. The second kappa shape index (κ2) is 5.56. The first-order valence-corrected chi connectivity index (χ1v) is 6.57. The Morgan fingerprint density at radius 3 is 2.61 bits per heavy atom. The number of aryl methyl sites for hydroxylation is 1. The number of rotatable bonds is 3. The van der Waals surface area contributed by atoms with Crippen molar-refractivity contribution in [2.45, 2.75) is 6.92 Å². The van der Waals surface area contributed by atoms with Gasteiger partial charge in [0, 0.05) is 17.8 Å². The van der Waals surface area contributed by atoms with Crippen LogP contribution in [-0.2, 0) is 0 Å². The minimum atomic E-state index is -0.968. The van der Waals surface area contributed by atoms with Crippen LogP contribution in [0.3, 0.4) is 0 Å². The summed E-state index contributed by atoms with van der Waals surface area (Å²) in [4.78, 5) is 18.0. The largest absolute Gasteiger partial charge is 0.340 e. The molecule has 0 aliphatic rings. The molecule has 1 N–H and O–H groups in total. The minimum absolute atomic E-state index is 0.226. The highest BCUT2D eigenvalue weighted by atomic mass is 19.1. The lowest BCUT2D eigenvalue weighted by Crippen LogP contribution is -1.99. The smallest absolute Gasteiger partial charge is 0.305 e. The summed E-state index contributed by atoms with van der Waals surface area (Å²) < 4.78 is 27.0. The van der Waals surface area contributed by atoms with Gasteiger partial charge in [-0.2, -0.15) is 4.39 Å². The molecule has 23 heavy (non-hydrogen) atoms. The molecule has 0 amide bonds. The molecule has 0 spiro atoms. The van der Waals surface area contributed by atoms with E-state index < -0.39 is 16.4 Å². The van der Waals surface area contributed by atoms with Crippen molar-refractivity contribution in [2.24, 2.45) is 0 Å². The third-order valence-corrected chi connectivity index (χ3v) is 3.32. The number of anilines is 2. The molecule has 0 fully saturated rings. The molecule has 0 bridgehead atoms. The second-order valence-electron chi connectivity index (χ2n) is 4.89. The van der Waals surface area contributed by atoms with Crippen LogP contribution < -0.4 is 5.32 Å². The third kappa shape index (κ3) is 2.78. The van der Waals surface area contributed by atoms with Crippen molar-refractivity contribution in [3.05, 3.63) is 64.0 Å². The van der Waals surface area contributed by atoms with Crippen LogP contribution in [0.5, 0.6) is 0 Å². The number of hydrogen-bond acceptors (Lipinski definition) is 5. The number of nitro groups is 1. The van der Waals surface area contributed by atoms with Crippen molar-refractivity contribution >= 4 is 28.1 Å². The number of nitro benzene ring substituents is 1. The van der Waals surface area contributed by atoms with Crippen LogP contribution in [-0.4, -0.2) is 14.9 Å². The molecule has 3 aromatic rings. The van der Waals surface area contributed by atoms with Gasteiger partial charge in [0.1, 0.15) is 18.0 Å². The number of halogens is 2. The van der Waals surface area contributed by atoms with Crippen LogP contribution >= 0.6 is 0 Å². The molecule has 8 heteroatoms. The van der Waals surface area contributed by atoms with Crippen LogP contribution in [0, 0.1) is 28.7 Å². The fourth-order valence-corrected chi connectivity index (χ4v) is 2.16. The van der Waals surface area contributed by atoms with E-state index in [1.54, 1.807) is 13.0 Å². The van der Waals surface area contributed by atoms with E-state index in [1.807, 2.05) is 0 Å². The summed E-state index contributed by atoms with van der Waals surface area (Å²) in [5, 5.41) is 14.1. The van der Waals surface area contributed by atoms with E-state index >= 15 is 0 Å². The van der Waals surface area contributed by atoms with Crippen molar-refractivity contribution in [3.63, 3.8) is 0 Å². The van der Waals surface area contributed by atoms with Crippen molar-refractivity contribution < 1.29 is 13.7 Å². The molecule has 0 aliphatic heterocycles. The topological polar surface area (TPSA) is 81.0 Å². The van der Waals surface area contributed by atoms with E-state index in [0.717, 1.165) is 12.1 Å². The summed E-state index contributed by atoms with van der Waals surface area (Å²) in [7, 11) is 0. The summed E-state index contributed by atoms with van der Waals surface area (Å²) in [5.74, 6) is -1.05. The van der Waals surface area contributed by atoms with Gasteiger partial charge in [-0.05, 0) is 30.7 Å². The molecule has 2 aromatic carbocycles. The number of nitrogens with one attached hydrogen (secondary N) is 1. The molecule has 3 rings (SSSR count). The summed E-state index contributed by atoms with van der Waals surface area (Å²) >= 11 is 0. The lowest BCUT2D eigenvalue weighted by molar-refractivity contribution is -0.387. The molecule has 6 nitrogen and oxygen atoms in total. The first-order valence-electron chi connectivity index (χ1n) is 6.57. The van der Waals surface area contributed by atoms with Crippen LogP contribution in [0.15, 0.2) is 36.7 Å². The molecular formula is C15H10F2N4O2. The zero-order valence-electron chi connectivity index (χ0n) is 11.9. The first-order chi connectivity index (χ1) is 11.0. The maximum absolute atomic E-state index is 13.7. The van der Waals surface area contributed by atoms with Gasteiger partial charge in [-0.3, -0.25) is 10.1 Å². The summed E-state index contributed by atoms with van der Waals surface area (Å²) in [6.45, 7) is 1.61. The predicted octanol–water partition coefficient (Wildman–Crippen LogP) is 3.87. The van der Waals surface area contributed by atoms with Crippen molar-refractivity contribution in [3.8, 4) is 0 Å². The summed E-state index contributed by atoms with van der Waals surface area (Å²) in [6.07, 6.45) is 1.21. The predicted molar refractivity (Wildman–Crippen MR) is 80.6 cm³/mol. The monoisotopic (exact) mass is 316 g/mol. The number of fused-ring (bicyclic) bond motifs is 1. The van der Waals surface area contributed by atoms with E-state index in [0.29, 0.717) is 16.6 Å². The standard InChI is InChI=1S/C15H10F2N4O2/c1-8-4-9(2-3-11(8)16)20-15-10-5-14(21(22)23)12(17)6-13(10)18-7-19-15/h2-7H,1H3,(H,18,19,20). The van der Waals surface area contributed by atoms with E-state index in [2.05, 4.69) is 15.3 Å². The van der Waals surface area contributed by atoms with Crippen molar-refractivity contribution in [1.82, 2.24) is 9.97 Å². The molecule has 0 saturated carbocycles. The lowest BCUT2D eigenvalue weighted by Gasteiger charge is -2.09. The number of benzene rings is 2. The van der Waals surface area contributed by atoms with Gasteiger partial charge < -0.3 is 5.32 Å². The third-order valence-electron chi connectivity index (χ3n) is 3.32. The summed E-state index contributed by atoms with van der Waals surface area (Å²) in [6, 6.07) is 6.43. The van der Waals surface area contributed by atoms with Gasteiger partial charge in [-0.1, -0.05) is 0 Å². The molecule has 0 unspecified atom stereocenters. The second-order valence-corrected chi connectivity index (χ2v) is 4.89. The van der Waals surface area contributed by atoms with Gasteiger partial charge in [-0.25, -0.2) is 14.4 Å². The molecule has 0 aliphatic carbocycles. The van der Waals surface area contributed by atoms with Gasteiger partial charge in [0.05, 0.1) is 15.8 Å². The van der Waals surface area contributed by atoms with E-state index in [1.165, 1.54) is 18.5 Å². The molecule has 0 saturated heterocycles. The zero-order valence-corrected chi connectivity index (χ0v) is 11.9. The number of hydrogen-bond donors (Lipinski definition) is 1. The fraction of sp³-hybridized carbons (Fsp3) is 0.0667. The number of nitrogens with zero attached hydrogens (tertiary/aromatic N) is 3. The molecule has 116 valence electrons. The molecule has 0 radical (unpaired) electrons.